The van der Waals surface area contributed by atoms with Crippen LogP contribution in [0.15, 0.2) is 0 Å². The molecule has 0 aromatic carbocycles. The molecule has 0 bridgehead atoms. The number of hydrogen-bond acceptors (Lipinski definition) is 2. The molecule has 0 spiro atoms. The molecule has 2 aliphatic rings. The van der Waals surface area contributed by atoms with E-state index in [1.165, 1.54) is 44.9 Å². The third-order valence-electron chi connectivity index (χ3n) is 3.56. The van der Waals surface area contributed by atoms with E-state index in [9.17, 15) is 0 Å². The lowest BCUT2D eigenvalue weighted by molar-refractivity contribution is -0.0871. The molecule has 2 rings (SSSR count). The van der Waals surface area contributed by atoms with Gasteiger partial charge in [0, 0.05) is 0 Å². The van der Waals surface area contributed by atoms with Crippen LogP contribution in [0, 0.1) is 5.92 Å². The molecule has 2 nitrogen and oxygen atoms in total. The maximum atomic E-state index is 6.05. The van der Waals surface area contributed by atoms with Gasteiger partial charge in [0.25, 0.3) is 0 Å². The second kappa shape index (κ2) is 4.43. The normalized spacial score (nSPS) is 35.8. The van der Waals surface area contributed by atoms with Crippen molar-refractivity contribution in [3.63, 3.8) is 0 Å². The van der Waals surface area contributed by atoms with Crippen LogP contribution in [0.2, 0.25) is 0 Å². The van der Waals surface area contributed by atoms with Gasteiger partial charge in [0.2, 0.25) is 0 Å². The molecule has 0 aliphatic heterocycles. The molecular weight excluding hydrogens is 162 g/mol. The van der Waals surface area contributed by atoms with Gasteiger partial charge in [-0.15, -0.1) is 0 Å². The highest BCUT2D eigenvalue weighted by molar-refractivity contribution is 4.80. The fourth-order valence-corrected chi connectivity index (χ4v) is 2.38. The maximum Gasteiger partial charge on any atom is 0.0619 e. The van der Waals surface area contributed by atoms with E-state index >= 15 is 0 Å². The monoisotopic (exact) mass is 183 g/mol. The van der Waals surface area contributed by atoms with Crippen LogP contribution in [-0.4, -0.2) is 18.8 Å². The Kier molecular flexibility index (Phi) is 3.23. The predicted molar refractivity (Wildman–Crippen MR) is 53.5 cm³/mol. The first-order valence-corrected chi connectivity index (χ1v) is 5.75. The van der Waals surface area contributed by atoms with Crippen molar-refractivity contribution in [2.75, 3.05) is 6.54 Å². The average Bonchev–Trinajstić information content (AvgIpc) is 2.12. The maximum absolute atomic E-state index is 6.05. The summed E-state index contributed by atoms with van der Waals surface area (Å²) in [6, 6.07) is 0. The Morgan fingerprint density at radius 3 is 2.38 bits per heavy atom. The Labute approximate surface area is 80.8 Å². The van der Waals surface area contributed by atoms with Crippen LogP contribution in [0.25, 0.3) is 0 Å². The van der Waals surface area contributed by atoms with Gasteiger partial charge in [-0.25, -0.2) is 0 Å². The Hall–Kier alpha value is -0.0800. The molecule has 0 radical (unpaired) electrons. The predicted octanol–water partition coefficient (Wildman–Crippen LogP) is 2.07. The number of rotatable bonds is 3. The van der Waals surface area contributed by atoms with Gasteiger partial charge in [0.1, 0.15) is 0 Å². The summed E-state index contributed by atoms with van der Waals surface area (Å²) in [6.07, 6.45) is 10.2. The summed E-state index contributed by atoms with van der Waals surface area (Å²) in [6.45, 7) is 0.817. The van der Waals surface area contributed by atoms with Gasteiger partial charge in [-0.2, -0.15) is 0 Å². The summed E-state index contributed by atoms with van der Waals surface area (Å²) >= 11 is 0. The first-order chi connectivity index (χ1) is 6.40. The minimum atomic E-state index is 0.490. The van der Waals surface area contributed by atoms with Crippen LogP contribution < -0.4 is 5.73 Å². The minimum absolute atomic E-state index is 0.490. The molecule has 76 valence electrons. The zero-order valence-electron chi connectivity index (χ0n) is 8.37. The zero-order chi connectivity index (χ0) is 9.10. The highest BCUT2D eigenvalue weighted by Gasteiger charge is 2.29. The third-order valence-corrected chi connectivity index (χ3v) is 3.56. The van der Waals surface area contributed by atoms with Gasteiger partial charge in [0.05, 0.1) is 12.2 Å². The number of hydrogen-bond donors (Lipinski definition) is 1. The standard InChI is InChI=1S/C11H21NO/c12-8-9-4-1-2-7-11(9)13-10-5-3-6-10/h9-11H,1-8,12H2. The Balaban J connectivity index is 1.79. The average molecular weight is 183 g/mol. The van der Waals surface area contributed by atoms with Crippen molar-refractivity contribution in [1.82, 2.24) is 0 Å². The summed E-state index contributed by atoms with van der Waals surface area (Å²) in [5.74, 6) is 0.648. The first-order valence-electron chi connectivity index (χ1n) is 5.75. The highest BCUT2D eigenvalue weighted by Crippen LogP contribution is 2.31. The summed E-state index contributed by atoms with van der Waals surface area (Å²) in [4.78, 5) is 0. The molecule has 2 saturated carbocycles. The van der Waals surface area contributed by atoms with Crippen molar-refractivity contribution in [1.29, 1.82) is 0 Å². The molecule has 2 N–H and O–H groups in total. The van der Waals surface area contributed by atoms with E-state index in [0.717, 1.165) is 6.54 Å². The molecule has 2 fully saturated rings. The Bertz CT molecular complexity index is 156. The molecule has 0 aromatic heterocycles. The summed E-state index contributed by atoms with van der Waals surface area (Å²) < 4.78 is 6.05. The molecular formula is C11H21NO. The van der Waals surface area contributed by atoms with E-state index < -0.39 is 0 Å². The lowest BCUT2D eigenvalue weighted by Crippen LogP contribution is -2.37. The van der Waals surface area contributed by atoms with Crippen molar-refractivity contribution in [2.45, 2.75) is 57.2 Å². The number of ether oxygens (including phenoxy) is 1. The third kappa shape index (κ3) is 2.23. The van der Waals surface area contributed by atoms with E-state index in [1.807, 2.05) is 0 Å². The fourth-order valence-electron chi connectivity index (χ4n) is 2.38. The van der Waals surface area contributed by atoms with Crippen molar-refractivity contribution >= 4 is 0 Å². The molecule has 0 heterocycles. The van der Waals surface area contributed by atoms with Crippen LogP contribution in [0.5, 0.6) is 0 Å². The molecule has 2 unspecified atom stereocenters. The molecule has 0 amide bonds. The van der Waals surface area contributed by atoms with Crippen LogP contribution in [0.4, 0.5) is 0 Å². The van der Waals surface area contributed by atoms with Gasteiger partial charge in [-0.05, 0) is 44.6 Å². The van der Waals surface area contributed by atoms with Crippen molar-refractivity contribution in [2.24, 2.45) is 11.7 Å². The number of nitrogens with two attached hydrogens (primary N) is 1. The van der Waals surface area contributed by atoms with Crippen LogP contribution in [-0.2, 0) is 4.74 Å². The topological polar surface area (TPSA) is 35.2 Å². The first kappa shape index (κ1) is 9.47. The zero-order valence-corrected chi connectivity index (χ0v) is 8.37. The van der Waals surface area contributed by atoms with Gasteiger partial charge in [0.15, 0.2) is 0 Å². The van der Waals surface area contributed by atoms with Crippen LogP contribution in [0.1, 0.15) is 44.9 Å². The van der Waals surface area contributed by atoms with E-state index in [1.54, 1.807) is 0 Å². The fraction of sp³-hybridized carbons (Fsp3) is 1.00. The van der Waals surface area contributed by atoms with Crippen molar-refractivity contribution in [3.05, 3.63) is 0 Å². The van der Waals surface area contributed by atoms with E-state index in [0.29, 0.717) is 18.1 Å². The molecule has 2 heteroatoms. The quantitative estimate of drug-likeness (QED) is 0.727. The molecule has 2 aliphatic carbocycles. The van der Waals surface area contributed by atoms with Gasteiger partial charge < -0.3 is 10.5 Å². The van der Waals surface area contributed by atoms with E-state index in [4.69, 9.17) is 10.5 Å². The molecule has 0 saturated heterocycles. The molecule has 0 aromatic rings. The SMILES string of the molecule is NCC1CCCCC1OC1CCC1. The Morgan fingerprint density at radius 2 is 1.77 bits per heavy atom. The summed E-state index contributed by atoms with van der Waals surface area (Å²) in [5, 5.41) is 0. The highest BCUT2D eigenvalue weighted by atomic mass is 16.5. The largest absolute Gasteiger partial charge is 0.375 e. The molecule has 2 atom stereocenters. The Morgan fingerprint density at radius 1 is 1.00 bits per heavy atom. The van der Waals surface area contributed by atoms with E-state index in [-0.39, 0.29) is 0 Å². The minimum Gasteiger partial charge on any atom is -0.375 e. The second-order valence-electron chi connectivity index (χ2n) is 4.51. The van der Waals surface area contributed by atoms with E-state index in [2.05, 4.69) is 0 Å². The lowest BCUT2D eigenvalue weighted by Gasteiger charge is -2.36. The van der Waals surface area contributed by atoms with Crippen molar-refractivity contribution < 1.29 is 4.74 Å². The van der Waals surface area contributed by atoms with Gasteiger partial charge >= 0.3 is 0 Å². The van der Waals surface area contributed by atoms with Gasteiger partial charge in [-0.3, -0.25) is 0 Å². The van der Waals surface area contributed by atoms with Crippen LogP contribution in [0.3, 0.4) is 0 Å². The lowest BCUT2D eigenvalue weighted by atomic mass is 9.85. The van der Waals surface area contributed by atoms with Crippen LogP contribution >= 0.6 is 0 Å². The summed E-state index contributed by atoms with van der Waals surface area (Å²) in [7, 11) is 0. The molecule has 13 heavy (non-hydrogen) atoms. The van der Waals surface area contributed by atoms with Gasteiger partial charge in [-0.1, -0.05) is 12.8 Å². The van der Waals surface area contributed by atoms with Crippen molar-refractivity contribution in [3.8, 4) is 0 Å². The second-order valence-corrected chi connectivity index (χ2v) is 4.51. The smallest absolute Gasteiger partial charge is 0.0619 e. The summed E-state index contributed by atoms with van der Waals surface area (Å²) in [5.41, 5.74) is 5.75.